The zero-order valence-corrected chi connectivity index (χ0v) is 8.14. The molecule has 2 aromatic rings. The molecule has 1 heterocycles. The highest BCUT2D eigenvalue weighted by molar-refractivity contribution is 5.84. The molecule has 72 valence electrons. The van der Waals surface area contributed by atoms with Crippen LogP contribution in [0.2, 0.25) is 0 Å². The molecule has 0 radical (unpaired) electrons. The number of aliphatic hydroxyl groups excluding tert-OH is 1. The molecule has 0 aliphatic rings. The van der Waals surface area contributed by atoms with Crippen LogP contribution in [0.4, 0.5) is 0 Å². The lowest BCUT2D eigenvalue weighted by Gasteiger charge is -2.10. The van der Waals surface area contributed by atoms with Gasteiger partial charge in [-0.15, -0.1) is 0 Å². The summed E-state index contributed by atoms with van der Waals surface area (Å²) < 4.78 is 0. The number of aromatic nitrogens is 1. The van der Waals surface area contributed by atoms with Gasteiger partial charge in [-0.25, -0.2) is 0 Å². The van der Waals surface area contributed by atoms with Gasteiger partial charge < -0.3 is 5.11 Å². The molecular weight excluding hydrogens is 174 g/mol. The Bertz CT molecular complexity index is 434. The Hall–Kier alpha value is -1.41. The van der Waals surface area contributed by atoms with E-state index in [0.29, 0.717) is 0 Å². The van der Waals surface area contributed by atoms with Gasteiger partial charge in [0.15, 0.2) is 0 Å². The second-order valence-corrected chi connectivity index (χ2v) is 3.50. The third-order valence-corrected chi connectivity index (χ3v) is 2.45. The van der Waals surface area contributed by atoms with Crippen LogP contribution in [0.1, 0.15) is 18.5 Å². The molecule has 2 rings (SSSR count). The number of hydrogen-bond acceptors (Lipinski definition) is 2. The average Bonchev–Trinajstić information content (AvgIpc) is 2.27. The summed E-state index contributed by atoms with van der Waals surface area (Å²) >= 11 is 0. The molecule has 0 spiro atoms. The molecule has 2 nitrogen and oxygen atoms in total. The molecule has 0 bridgehead atoms. The number of fused-ring (bicyclic) bond motifs is 1. The van der Waals surface area contributed by atoms with E-state index in [9.17, 15) is 0 Å². The van der Waals surface area contributed by atoms with E-state index in [0.717, 1.165) is 11.1 Å². The quantitative estimate of drug-likeness (QED) is 0.782. The molecule has 0 fully saturated rings. The van der Waals surface area contributed by atoms with E-state index < -0.39 is 0 Å². The number of benzene rings is 1. The van der Waals surface area contributed by atoms with Gasteiger partial charge in [-0.05, 0) is 11.5 Å². The van der Waals surface area contributed by atoms with Gasteiger partial charge in [0.25, 0.3) is 0 Å². The van der Waals surface area contributed by atoms with Crippen molar-refractivity contribution in [2.75, 3.05) is 6.61 Å². The largest absolute Gasteiger partial charge is 0.396 e. The minimum absolute atomic E-state index is 0.0982. The van der Waals surface area contributed by atoms with Crippen LogP contribution in [0, 0.1) is 0 Å². The Morgan fingerprint density at radius 3 is 2.86 bits per heavy atom. The lowest BCUT2D eigenvalue weighted by Crippen LogP contribution is -2.02. The molecule has 2 heteroatoms. The van der Waals surface area contributed by atoms with E-state index in [1.165, 1.54) is 5.39 Å². The Labute approximate surface area is 83.2 Å². The summed E-state index contributed by atoms with van der Waals surface area (Å²) in [5.74, 6) is 0.0982. The van der Waals surface area contributed by atoms with E-state index in [-0.39, 0.29) is 12.5 Å². The van der Waals surface area contributed by atoms with Gasteiger partial charge >= 0.3 is 0 Å². The third-order valence-electron chi connectivity index (χ3n) is 2.45. The first kappa shape index (κ1) is 9.16. The van der Waals surface area contributed by atoms with E-state index in [4.69, 9.17) is 5.11 Å². The van der Waals surface area contributed by atoms with Crippen molar-refractivity contribution in [2.24, 2.45) is 0 Å². The molecular formula is C12H13NO. The zero-order valence-electron chi connectivity index (χ0n) is 8.14. The van der Waals surface area contributed by atoms with Gasteiger partial charge in [0.2, 0.25) is 0 Å². The second-order valence-electron chi connectivity index (χ2n) is 3.50. The highest BCUT2D eigenvalue weighted by Crippen LogP contribution is 2.22. The molecule has 0 amide bonds. The first-order chi connectivity index (χ1) is 6.83. The van der Waals surface area contributed by atoms with Crippen molar-refractivity contribution < 1.29 is 5.11 Å². The lowest BCUT2D eigenvalue weighted by molar-refractivity contribution is 0.272. The molecule has 1 aromatic heterocycles. The fourth-order valence-corrected chi connectivity index (χ4v) is 1.62. The van der Waals surface area contributed by atoms with E-state index in [2.05, 4.69) is 11.1 Å². The standard InChI is InChI=1S/C12H13NO/c1-9(8-14)12-11-5-3-2-4-10(11)6-7-13-12/h2-7,9,14H,8H2,1H3. The minimum atomic E-state index is 0.0982. The van der Waals surface area contributed by atoms with E-state index >= 15 is 0 Å². The summed E-state index contributed by atoms with van der Waals surface area (Å²) in [5, 5.41) is 11.4. The molecule has 0 saturated carbocycles. The first-order valence-corrected chi connectivity index (χ1v) is 4.77. The molecule has 1 aromatic carbocycles. The summed E-state index contributed by atoms with van der Waals surface area (Å²) in [6.45, 7) is 2.12. The highest BCUT2D eigenvalue weighted by atomic mass is 16.3. The van der Waals surface area contributed by atoms with Crippen LogP contribution in [0.15, 0.2) is 36.5 Å². The molecule has 1 unspecified atom stereocenters. The van der Waals surface area contributed by atoms with Gasteiger partial charge in [0.05, 0.1) is 12.3 Å². The lowest BCUT2D eigenvalue weighted by atomic mass is 10.0. The van der Waals surface area contributed by atoms with Gasteiger partial charge in [0, 0.05) is 17.5 Å². The number of aliphatic hydroxyl groups is 1. The minimum Gasteiger partial charge on any atom is -0.396 e. The fourth-order valence-electron chi connectivity index (χ4n) is 1.62. The number of nitrogens with zero attached hydrogens (tertiary/aromatic N) is 1. The SMILES string of the molecule is CC(CO)c1nccc2ccccc12. The summed E-state index contributed by atoms with van der Waals surface area (Å²) in [4.78, 5) is 4.32. The van der Waals surface area contributed by atoms with Crippen molar-refractivity contribution in [3.05, 3.63) is 42.2 Å². The Morgan fingerprint density at radius 1 is 1.29 bits per heavy atom. The second kappa shape index (κ2) is 3.76. The third kappa shape index (κ3) is 1.49. The fraction of sp³-hybridized carbons (Fsp3) is 0.250. The van der Waals surface area contributed by atoms with Crippen molar-refractivity contribution in [1.82, 2.24) is 4.98 Å². The maximum Gasteiger partial charge on any atom is 0.0532 e. The monoisotopic (exact) mass is 187 g/mol. The molecule has 0 saturated heterocycles. The summed E-state index contributed by atoms with van der Waals surface area (Å²) in [6.07, 6.45) is 1.80. The Balaban J connectivity index is 2.65. The average molecular weight is 187 g/mol. The topological polar surface area (TPSA) is 33.1 Å². The van der Waals surface area contributed by atoms with Crippen LogP contribution in [0.3, 0.4) is 0 Å². The maximum absolute atomic E-state index is 9.11. The number of rotatable bonds is 2. The van der Waals surface area contributed by atoms with Crippen LogP contribution < -0.4 is 0 Å². The van der Waals surface area contributed by atoms with Gasteiger partial charge in [0.1, 0.15) is 0 Å². The summed E-state index contributed by atoms with van der Waals surface area (Å²) in [5.41, 5.74) is 0.977. The van der Waals surface area contributed by atoms with Crippen LogP contribution in [-0.2, 0) is 0 Å². The summed E-state index contributed by atoms with van der Waals surface area (Å²) in [6, 6.07) is 10.1. The first-order valence-electron chi connectivity index (χ1n) is 4.77. The van der Waals surface area contributed by atoms with Gasteiger partial charge in [-0.1, -0.05) is 31.2 Å². The van der Waals surface area contributed by atoms with Crippen LogP contribution >= 0.6 is 0 Å². The van der Waals surface area contributed by atoms with Crippen molar-refractivity contribution in [2.45, 2.75) is 12.8 Å². The normalized spacial score (nSPS) is 13.0. The molecule has 1 N–H and O–H groups in total. The zero-order chi connectivity index (χ0) is 9.97. The Kier molecular flexibility index (Phi) is 2.46. The number of hydrogen-bond donors (Lipinski definition) is 1. The highest BCUT2D eigenvalue weighted by Gasteiger charge is 2.08. The molecule has 14 heavy (non-hydrogen) atoms. The van der Waals surface area contributed by atoms with Crippen LogP contribution in [-0.4, -0.2) is 16.7 Å². The van der Waals surface area contributed by atoms with Gasteiger partial charge in [-0.2, -0.15) is 0 Å². The van der Waals surface area contributed by atoms with Crippen molar-refractivity contribution in [3.8, 4) is 0 Å². The van der Waals surface area contributed by atoms with Crippen molar-refractivity contribution in [3.63, 3.8) is 0 Å². The predicted octanol–water partition coefficient (Wildman–Crippen LogP) is 2.33. The van der Waals surface area contributed by atoms with Crippen LogP contribution in [0.5, 0.6) is 0 Å². The predicted molar refractivity (Wildman–Crippen MR) is 57.2 cm³/mol. The van der Waals surface area contributed by atoms with Crippen molar-refractivity contribution >= 4 is 10.8 Å². The molecule has 0 aliphatic heterocycles. The van der Waals surface area contributed by atoms with E-state index in [1.807, 2.05) is 31.2 Å². The molecule has 1 atom stereocenters. The van der Waals surface area contributed by atoms with Crippen molar-refractivity contribution in [1.29, 1.82) is 0 Å². The number of pyridine rings is 1. The Morgan fingerprint density at radius 2 is 2.07 bits per heavy atom. The maximum atomic E-state index is 9.11. The van der Waals surface area contributed by atoms with E-state index in [1.54, 1.807) is 6.20 Å². The van der Waals surface area contributed by atoms with Crippen LogP contribution in [0.25, 0.3) is 10.8 Å². The molecule has 0 aliphatic carbocycles. The van der Waals surface area contributed by atoms with Gasteiger partial charge in [-0.3, -0.25) is 4.98 Å². The smallest absolute Gasteiger partial charge is 0.0532 e. The summed E-state index contributed by atoms with van der Waals surface area (Å²) in [7, 11) is 0.